The van der Waals surface area contributed by atoms with Crippen molar-refractivity contribution in [3.63, 3.8) is 0 Å². The Labute approximate surface area is 145 Å². The molecule has 8 heteroatoms. The fraction of sp³-hybridized carbons (Fsp3) is 0.647. The van der Waals surface area contributed by atoms with Crippen molar-refractivity contribution in [3.8, 4) is 5.75 Å². The highest BCUT2D eigenvalue weighted by molar-refractivity contribution is 5.30. The van der Waals surface area contributed by atoms with E-state index in [1.54, 1.807) is 7.11 Å². The smallest absolute Gasteiger partial charge is 0.187 e. The Hall–Kier alpha value is -1.26. The van der Waals surface area contributed by atoms with Crippen LogP contribution in [-0.2, 0) is 14.2 Å². The maximum atomic E-state index is 10.3. The van der Waals surface area contributed by atoms with Crippen LogP contribution < -0.4 is 10.1 Å². The molecular formula is C17H23NO7. The normalized spacial score (nSPS) is 43.8. The van der Waals surface area contributed by atoms with E-state index in [2.05, 4.69) is 5.32 Å². The van der Waals surface area contributed by atoms with Crippen LogP contribution in [0.2, 0.25) is 0 Å². The fourth-order valence-electron chi connectivity index (χ4n) is 3.70. The molecule has 4 rings (SSSR count). The number of ether oxygens (including phenoxy) is 4. The summed E-state index contributed by atoms with van der Waals surface area (Å²) in [4.78, 5) is 0. The Morgan fingerprint density at radius 3 is 2.56 bits per heavy atom. The van der Waals surface area contributed by atoms with Crippen molar-refractivity contribution in [1.29, 1.82) is 0 Å². The van der Waals surface area contributed by atoms with Gasteiger partial charge in [-0.2, -0.15) is 0 Å². The first-order chi connectivity index (χ1) is 12.1. The third kappa shape index (κ3) is 3.04. The first-order valence-electron chi connectivity index (χ1n) is 8.42. The zero-order valence-electron chi connectivity index (χ0n) is 13.8. The zero-order valence-corrected chi connectivity index (χ0v) is 13.8. The topological polar surface area (TPSA) is 110 Å². The second kappa shape index (κ2) is 6.81. The number of hydrogen-bond acceptors (Lipinski definition) is 8. The largest absolute Gasteiger partial charge is 0.497 e. The summed E-state index contributed by atoms with van der Waals surface area (Å²) in [7, 11) is 1.60. The predicted octanol–water partition coefficient (Wildman–Crippen LogP) is -1.07. The molecule has 0 aromatic heterocycles. The Morgan fingerprint density at radius 2 is 1.84 bits per heavy atom. The quantitative estimate of drug-likeness (QED) is 0.532. The maximum absolute atomic E-state index is 10.3. The summed E-state index contributed by atoms with van der Waals surface area (Å²) in [5.41, 5.74) is 0.897. The molecule has 1 aromatic carbocycles. The Morgan fingerprint density at radius 1 is 1.08 bits per heavy atom. The molecule has 3 fully saturated rings. The van der Waals surface area contributed by atoms with Crippen molar-refractivity contribution in [2.24, 2.45) is 0 Å². The van der Waals surface area contributed by atoms with E-state index in [-0.39, 0.29) is 12.6 Å². The lowest BCUT2D eigenvalue weighted by molar-refractivity contribution is -0.203. The molecule has 25 heavy (non-hydrogen) atoms. The van der Waals surface area contributed by atoms with Crippen LogP contribution in [0.25, 0.3) is 0 Å². The molecule has 1 aromatic rings. The highest BCUT2D eigenvalue weighted by atomic mass is 16.7. The minimum Gasteiger partial charge on any atom is -0.497 e. The van der Waals surface area contributed by atoms with Crippen LogP contribution in [0.15, 0.2) is 24.3 Å². The maximum Gasteiger partial charge on any atom is 0.187 e. The van der Waals surface area contributed by atoms with Crippen LogP contribution in [0.4, 0.5) is 0 Å². The van der Waals surface area contributed by atoms with Crippen LogP contribution in [-0.4, -0.2) is 78.4 Å². The molecule has 3 aliphatic heterocycles. The van der Waals surface area contributed by atoms with Crippen molar-refractivity contribution in [3.05, 3.63) is 29.8 Å². The van der Waals surface area contributed by atoms with Crippen LogP contribution in [0, 0.1) is 0 Å². The van der Waals surface area contributed by atoms with Crippen molar-refractivity contribution < 1.29 is 34.3 Å². The molecule has 0 spiro atoms. The van der Waals surface area contributed by atoms with E-state index in [1.807, 2.05) is 24.3 Å². The standard InChI is InChI=1S/C17H23NO7/c1-22-9-4-2-8(3-5-9)15-12-16(10(19)6-18-12)25-17-14(21)13(20)11(24-17)7-23-15/h2-5,10-21H,6-7H2,1H3/t10-,11+,12+,13-,14+,15+,16+,17-/m0/s1. The van der Waals surface area contributed by atoms with E-state index in [1.165, 1.54) is 0 Å². The van der Waals surface area contributed by atoms with Crippen LogP contribution in [0.3, 0.4) is 0 Å². The number of aliphatic hydroxyl groups excluding tert-OH is 3. The molecule has 3 heterocycles. The van der Waals surface area contributed by atoms with Gasteiger partial charge < -0.3 is 39.6 Å². The molecule has 8 nitrogen and oxygen atoms in total. The third-order valence-corrected chi connectivity index (χ3v) is 5.12. The molecule has 2 bridgehead atoms. The molecule has 4 N–H and O–H groups in total. The second-order valence-electron chi connectivity index (χ2n) is 6.65. The van der Waals surface area contributed by atoms with Gasteiger partial charge in [0.1, 0.15) is 36.3 Å². The Balaban J connectivity index is 1.64. The molecule has 3 saturated heterocycles. The molecule has 0 amide bonds. The lowest BCUT2D eigenvalue weighted by atomic mass is 9.97. The van der Waals surface area contributed by atoms with Gasteiger partial charge in [-0.15, -0.1) is 0 Å². The van der Waals surface area contributed by atoms with Gasteiger partial charge in [-0.3, -0.25) is 0 Å². The molecule has 8 atom stereocenters. The van der Waals surface area contributed by atoms with Crippen LogP contribution in [0.5, 0.6) is 5.75 Å². The Bertz CT molecular complexity index is 597. The summed E-state index contributed by atoms with van der Waals surface area (Å²) in [6.45, 7) is 0.454. The monoisotopic (exact) mass is 353 g/mol. The number of fused-ring (bicyclic) bond motifs is 3. The average molecular weight is 353 g/mol. The van der Waals surface area contributed by atoms with E-state index < -0.39 is 42.9 Å². The van der Waals surface area contributed by atoms with Crippen molar-refractivity contribution in [2.45, 2.75) is 49.0 Å². The minimum absolute atomic E-state index is 0.107. The van der Waals surface area contributed by atoms with Gasteiger partial charge in [0, 0.05) is 6.54 Å². The van der Waals surface area contributed by atoms with Gasteiger partial charge in [0.05, 0.1) is 25.9 Å². The molecule has 0 radical (unpaired) electrons. The molecule has 3 aliphatic rings. The van der Waals surface area contributed by atoms with E-state index in [0.29, 0.717) is 6.54 Å². The first kappa shape index (κ1) is 17.2. The van der Waals surface area contributed by atoms with E-state index in [4.69, 9.17) is 18.9 Å². The van der Waals surface area contributed by atoms with Gasteiger partial charge in [-0.05, 0) is 17.7 Å². The SMILES string of the molecule is COc1ccc([C@H]2OC[C@H]3O[C@@H](O[C@H]4[C@@H]2NC[C@@H]4O)[C@H](O)[C@H]3O)cc1. The number of benzene rings is 1. The van der Waals surface area contributed by atoms with Gasteiger partial charge in [-0.25, -0.2) is 0 Å². The fourth-order valence-corrected chi connectivity index (χ4v) is 3.70. The number of hydrogen-bond donors (Lipinski definition) is 4. The van der Waals surface area contributed by atoms with Crippen molar-refractivity contribution >= 4 is 0 Å². The molecular weight excluding hydrogens is 330 g/mol. The van der Waals surface area contributed by atoms with E-state index in [9.17, 15) is 15.3 Å². The van der Waals surface area contributed by atoms with Gasteiger partial charge in [0.15, 0.2) is 6.29 Å². The van der Waals surface area contributed by atoms with Gasteiger partial charge in [0.2, 0.25) is 0 Å². The number of β-amino-alcohol motifs (C(OH)–C–C–N with tert-alkyl or cyclic N) is 1. The van der Waals surface area contributed by atoms with E-state index >= 15 is 0 Å². The number of aliphatic hydroxyl groups is 3. The van der Waals surface area contributed by atoms with Crippen LogP contribution in [0.1, 0.15) is 11.7 Å². The van der Waals surface area contributed by atoms with E-state index in [0.717, 1.165) is 11.3 Å². The number of nitrogens with one attached hydrogen (secondary N) is 1. The number of rotatable bonds is 2. The molecule has 0 unspecified atom stereocenters. The van der Waals surface area contributed by atoms with Gasteiger partial charge in [-0.1, -0.05) is 12.1 Å². The average Bonchev–Trinajstić information content (AvgIpc) is 3.14. The summed E-state index contributed by atoms with van der Waals surface area (Å²) in [6, 6.07) is 7.17. The highest BCUT2D eigenvalue weighted by Crippen LogP contribution is 2.35. The molecule has 0 aliphatic carbocycles. The summed E-state index contributed by atoms with van der Waals surface area (Å²) in [6.07, 6.45) is -5.73. The second-order valence-corrected chi connectivity index (χ2v) is 6.65. The summed E-state index contributed by atoms with van der Waals surface area (Å²) < 4.78 is 22.6. The Kier molecular flexibility index (Phi) is 4.67. The third-order valence-electron chi connectivity index (χ3n) is 5.12. The lowest BCUT2D eigenvalue weighted by Crippen LogP contribution is -2.46. The molecule has 0 saturated carbocycles. The minimum atomic E-state index is -1.17. The predicted molar refractivity (Wildman–Crippen MR) is 85.0 cm³/mol. The summed E-state index contributed by atoms with van der Waals surface area (Å²) >= 11 is 0. The van der Waals surface area contributed by atoms with Crippen molar-refractivity contribution in [1.82, 2.24) is 5.32 Å². The number of methoxy groups -OCH3 is 1. The zero-order chi connectivity index (χ0) is 17.6. The summed E-state index contributed by atoms with van der Waals surface area (Å²) in [5.74, 6) is 0.736. The molecule has 138 valence electrons. The van der Waals surface area contributed by atoms with Gasteiger partial charge >= 0.3 is 0 Å². The lowest BCUT2D eigenvalue weighted by Gasteiger charge is -2.31. The first-order valence-corrected chi connectivity index (χ1v) is 8.42. The van der Waals surface area contributed by atoms with Crippen molar-refractivity contribution in [2.75, 3.05) is 20.3 Å². The summed E-state index contributed by atoms with van der Waals surface area (Å²) in [5, 5.41) is 33.7. The highest BCUT2D eigenvalue weighted by Gasteiger charge is 2.51. The van der Waals surface area contributed by atoms with Crippen LogP contribution >= 0.6 is 0 Å². The van der Waals surface area contributed by atoms with Gasteiger partial charge in [0.25, 0.3) is 0 Å².